The molecule has 6 atom stereocenters. The molecule has 0 saturated heterocycles. The fraction of sp³-hybridized carbons (Fsp3) is 0.810. The summed E-state index contributed by atoms with van der Waals surface area (Å²) in [4.78, 5) is 24.3. The molecule has 0 aromatic rings. The van der Waals surface area contributed by atoms with Crippen LogP contribution in [0.5, 0.6) is 0 Å². The van der Waals surface area contributed by atoms with E-state index in [0.717, 1.165) is 38.5 Å². The average Bonchev–Trinajstić information content (AvgIpc) is 2.87. The lowest BCUT2D eigenvalue weighted by molar-refractivity contribution is -0.184. The minimum atomic E-state index is -1.34. The van der Waals surface area contributed by atoms with Crippen LogP contribution in [0.4, 0.5) is 0 Å². The maximum absolute atomic E-state index is 12.4. The average molecular weight is 346 g/mol. The summed E-state index contributed by atoms with van der Waals surface area (Å²) in [6, 6.07) is 0. The molecule has 4 rings (SSSR count). The number of allylic oxidation sites excluding steroid dienone is 1. The van der Waals surface area contributed by atoms with Crippen molar-refractivity contribution in [2.24, 2.45) is 28.6 Å². The van der Waals surface area contributed by atoms with Crippen molar-refractivity contribution in [1.82, 2.24) is 0 Å². The van der Waals surface area contributed by atoms with Crippen molar-refractivity contribution in [2.45, 2.75) is 70.8 Å². The Labute approximate surface area is 150 Å². The minimum absolute atomic E-state index is 0.129. The molecule has 3 saturated carbocycles. The first-order chi connectivity index (χ1) is 11.8. The van der Waals surface area contributed by atoms with Crippen LogP contribution in [-0.4, -0.2) is 29.6 Å². The quantitative estimate of drug-likeness (QED) is 0.739. The number of carbonyl (C=O) groups is 2. The Hall–Kier alpha value is -1.16. The number of carbonyl (C=O) groups excluding carboxylic acids is 2. The maximum atomic E-state index is 12.4. The van der Waals surface area contributed by atoms with Gasteiger partial charge in [0.05, 0.1) is 7.11 Å². The Morgan fingerprint density at radius 1 is 1.12 bits per heavy atom. The third-order valence-electron chi connectivity index (χ3n) is 8.64. The van der Waals surface area contributed by atoms with E-state index < -0.39 is 11.6 Å². The molecule has 0 heterocycles. The van der Waals surface area contributed by atoms with Crippen LogP contribution in [0.2, 0.25) is 0 Å². The number of hydrogen-bond donors (Lipinski definition) is 1. The highest BCUT2D eigenvalue weighted by molar-refractivity contribution is 5.91. The predicted octanol–water partition coefficient (Wildman–Crippen LogP) is 3.42. The summed E-state index contributed by atoms with van der Waals surface area (Å²) in [7, 11) is 1.38. The van der Waals surface area contributed by atoms with Crippen molar-refractivity contribution in [3.63, 3.8) is 0 Å². The number of rotatable bonds is 1. The zero-order chi connectivity index (χ0) is 18.0. The van der Waals surface area contributed by atoms with E-state index in [9.17, 15) is 14.7 Å². The second-order valence-electron chi connectivity index (χ2n) is 9.32. The monoisotopic (exact) mass is 346 g/mol. The first kappa shape index (κ1) is 17.3. The summed E-state index contributed by atoms with van der Waals surface area (Å²) in [6.45, 7) is 4.46. The van der Waals surface area contributed by atoms with Gasteiger partial charge in [0, 0.05) is 11.8 Å². The molecule has 0 bridgehead atoms. The molecular formula is C21H30O4. The summed E-state index contributed by atoms with van der Waals surface area (Å²) >= 11 is 0. The van der Waals surface area contributed by atoms with Gasteiger partial charge in [0.2, 0.25) is 0 Å². The van der Waals surface area contributed by atoms with Gasteiger partial charge in [0.1, 0.15) is 0 Å². The molecule has 4 heteroatoms. The lowest BCUT2D eigenvalue weighted by Gasteiger charge is -2.58. The van der Waals surface area contributed by atoms with E-state index in [-0.39, 0.29) is 16.6 Å². The van der Waals surface area contributed by atoms with Crippen LogP contribution in [0.15, 0.2) is 11.6 Å². The largest absolute Gasteiger partial charge is 0.467 e. The van der Waals surface area contributed by atoms with Gasteiger partial charge in [0.15, 0.2) is 11.4 Å². The molecular weight excluding hydrogens is 316 g/mol. The number of fused-ring (bicyclic) bond motifs is 5. The molecule has 4 aliphatic carbocycles. The van der Waals surface area contributed by atoms with Crippen LogP contribution in [0.25, 0.3) is 0 Å². The van der Waals surface area contributed by atoms with Crippen molar-refractivity contribution in [3.05, 3.63) is 11.6 Å². The highest BCUT2D eigenvalue weighted by atomic mass is 16.5. The fourth-order valence-electron chi connectivity index (χ4n) is 7.08. The molecule has 138 valence electrons. The van der Waals surface area contributed by atoms with Gasteiger partial charge in [-0.3, -0.25) is 4.79 Å². The van der Waals surface area contributed by atoms with E-state index in [2.05, 4.69) is 13.8 Å². The van der Waals surface area contributed by atoms with E-state index in [4.69, 9.17) is 4.74 Å². The van der Waals surface area contributed by atoms with Gasteiger partial charge in [-0.15, -0.1) is 0 Å². The molecule has 0 amide bonds. The van der Waals surface area contributed by atoms with Crippen LogP contribution < -0.4 is 0 Å². The lowest BCUT2D eigenvalue weighted by Crippen LogP contribution is -2.57. The molecule has 4 nitrogen and oxygen atoms in total. The lowest BCUT2D eigenvalue weighted by atomic mass is 9.46. The molecule has 0 aliphatic heterocycles. The van der Waals surface area contributed by atoms with Crippen molar-refractivity contribution in [3.8, 4) is 0 Å². The molecule has 0 aromatic carbocycles. The van der Waals surface area contributed by atoms with Crippen molar-refractivity contribution >= 4 is 11.8 Å². The molecule has 0 aromatic heterocycles. The zero-order valence-electron chi connectivity index (χ0n) is 15.6. The van der Waals surface area contributed by atoms with Crippen LogP contribution >= 0.6 is 0 Å². The van der Waals surface area contributed by atoms with Gasteiger partial charge >= 0.3 is 5.97 Å². The topological polar surface area (TPSA) is 63.6 Å². The molecule has 0 unspecified atom stereocenters. The Bertz CT molecular complexity index is 652. The van der Waals surface area contributed by atoms with Crippen LogP contribution in [0.3, 0.4) is 0 Å². The molecule has 4 aliphatic rings. The first-order valence-electron chi connectivity index (χ1n) is 9.81. The van der Waals surface area contributed by atoms with Crippen LogP contribution in [0.1, 0.15) is 65.2 Å². The van der Waals surface area contributed by atoms with E-state index >= 15 is 0 Å². The number of ether oxygens (including phenoxy) is 1. The normalized spacial score (nSPS) is 48.9. The third kappa shape index (κ3) is 2.09. The van der Waals surface area contributed by atoms with Crippen LogP contribution in [-0.2, 0) is 14.3 Å². The van der Waals surface area contributed by atoms with Gasteiger partial charge in [-0.1, -0.05) is 19.4 Å². The Kier molecular flexibility index (Phi) is 3.74. The van der Waals surface area contributed by atoms with Gasteiger partial charge < -0.3 is 9.84 Å². The number of methoxy groups -OCH3 is 1. The fourth-order valence-corrected chi connectivity index (χ4v) is 7.08. The minimum Gasteiger partial charge on any atom is -0.467 e. The van der Waals surface area contributed by atoms with Gasteiger partial charge in [-0.25, -0.2) is 4.79 Å². The number of ketones is 1. The Morgan fingerprint density at radius 2 is 1.84 bits per heavy atom. The molecule has 25 heavy (non-hydrogen) atoms. The molecule has 3 fully saturated rings. The van der Waals surface area contributed by atoms with E-state index in [1.165, 1.54) is 12.7 Å². The third-order valence-corrected chi connectivity index (χ3v) is 8.64. The first-order valence-corrected chi connectivity index (χ1v) is 9.81. The van der Waals surface area contributed by atoms with Crippen molar-refractivity contribution < 1.29 is 19.4 Å². The summed E-state index contributed by atoms with van der Waals surface area (Å²) < 4.78 is 4.97. The highest BCUT2D eigenvalue weighted by Gasteiger charge is 2.67. The maximum Gasteiger partial charge on any atom is 0.338 e. The van der Waals surface area contributed by atoms with Gasteiger partial charge in [-0.05, 0) is 74.2 Å². The van der Waals surface area contributed by atoms with Crippen molar-refractivity contribution in [1.29, 1.82) is 0 Å². The van der Waals surface area contributed by atoms with E-state index in [1.54, 1.807) is 0 Å². The second kappa shape index (κ2) is 5.42. The number of esters is 1. The van der Waals surface area contributed by atoms with Gasteiger partial charge in [0.25, 0.3) is 0 Å². The van der Waals surface area contributed by atoms with E-state index in [0.29, 0.717) is 30.6 Å². The summed E-state index contributed by atoms with van der Waals surface area (Å²) in [5.74, 6) is 1.30. The summed E-state index contributed by atoms with van der Waals surface area (Å²) in [5, 5.41) is 11.2. The molecule has 0 radical (unpaired) electrons. The Balaban J connectivity index is 1.68. The predicted molar refractivity (Wildman–Crippen MR) is 93.7 cm³/mol. The number of aliphatic hydroxyl groups is 1. The smallest absolute Gasteiger partial charge is 0.338 e. The van der Waals surface area contributed by atoms with Gasteiger partial charge in [-0.2, -0.15) is 0 Å². The van der Waals surface area contributed by atoms with Crippen LogP contribution in [0, 0.1) is 28.6 Å². The summed E-state index contributed by atoms with van der Waals surface area (Å²) in [6.07, 6.45) is 8.93. The van der Waals surface area contributed by atoms with E-state index in [1.807, 2.05) is 6.08 Å². The SMILES string of the molecule is COC(=O)[C@]1(O)CC[C@@H]2[C@H]3CCC4=CC(=O)CC[C@]4(C)[C@@H]3CC[C@@]21C. The number of hydrogen-bond acceptors (Lipinski definition) is 4. The summed E-state index contributed by atoms with van der Waals surface area (Å²) in [5.41, 5.74) is -0.237. The van der Waals surface area contributed by atoms with Crippen molar-refractivity contribution in [2.75, 3.05) is 7.11 Å². The Morgan fingerprint density at radius 3 is 2.56 bits per heavy atom. The molecule has 0 spiro atoms. The standard InChI is InChI=1S/C21H30O4/c1-19-9-6-14(22)12-13(19)4-5-15-16(19)7-10-20(2)17(15)8-11-21(20,24)18(23)25-3/h12,15-17,24H,4-11H2,1-3H3/t15-,16+,17+,19-,20-,21+/m0/s1. The molecule has 1 N–H and O–H groups in total. The highest BCUT2D eigenvalue weighted by Crippen LogP contribution is 2.67. The zero-order valence-corrected chi connectivity index (χ0v) is 15.6. The second-order valence-corrected chi connectivity index (χ2v) is 9.32.